The van der Waals surface area contributed by atoms with Crippen LogP contribution in [0.25, 0.3) is 10.1 Å². The first kappa shape index (κ1) is 32.0. The minimum atomic E-state index is -5.78. The molecule has 4 heterocycles. The molecule has 1 aliphatic carbocycles. The van der Waals surface area contributed by atoms with E-state index < -0.39 is 42.7 Å². The van der Waals surface area contributed by atoms with E-state index in [9.17, 15) is 32.5 Å². The summed E-state index contributed by atoms with van der Waals surface area (Å²) in [6.45, 7) is 5.23. The fourth-order valence-corrected chi connectivity index (χ4v) is 8.67. The Balaban J connectivity index is 1.23. The molecule has 244 valence electrons. The van der Waals surface area contributed by atoms with Gasteiger partial charge in [0.05, 0.1) is 4.88 Å². The van der Waals surface area contributed by atoms with Gasteiger partial charge in [-0.2, -0.15) is 8.78 Å². The smallest absolute Gasteiger partial charge is 0.340 e. The van der Waals surface area contributed by atoms with Gasteiger partial charge in [0.1, 0.15) is 12.1 Å². The largest absolute Gasteiger partial charge is 0.399 e. The average Bonchev–Trinajstić information content (AvgIpc) is 3.43. The third-order valence-electron chi connectivity index (χ3n) is 10.1. The Morgan fingerprint density at radius 2 is 1.80 bits per heavy atom. The van der Waals surface area contributed by atoms with Gasteiger partial charge in [-0.3, -0.25) is 23.7 Å². The normalized spacial score (nSPS) is 27.8. The van der Waals surface area contributed by atoms with Crippen molar-refractivity contribution in [2.75, 3.05) is 26.2 Å². The molecule has 1 saturated carbocycles. The Labute approximate surface area is 263 Å². The number of benzene rings is 1. The summed E-state index contributed by atoms with van der Waals surface area (Å²) < 4.78 is 40.4. The van der Waals surface area contributed by atoms with Gasteiger partial charge in [-0.1, -0.05) is 13.0 Å². The molecular formula is C30H37F2N4O7PS. The lowest BCUT2D eigenvalue weighted by Gasteiger charge is -2.39. The van der Waals surface area contributed by atoms with Crippen LogP contribution in [0.1, 0.15) is 67.6 Å². The number of thiophene rings is 1. The number of likely N-dealkylation sites (tertiary alicyclic amines) is 1. The van der Waals surface area contributed by atoms with Crippen LogP contribution in [0.2, 0.25) is 0 Å². The molecule has 11 nitrogen and oxygen atoms in total. The first-order chi connectivity index (χ1) is 21.1. The second-order valence-corrected chi connectivity index (χ2v) is 15.9. The molecule has 15 heteroatoms. The maximum Gasteiger partial charge on any atom is 0.399 e. The van der Waals surface area contributed by atoms with Crippen LogP contribution >= 0.6 is 18.9 Å². The molecule has 4 fully saturated rings. The highest BCUT2D eigenvalue weighted by atomic mass is 32.1. The lowest BCUT2D eigenvalue weighted by Crippen LogP contribution is -2.61. The number of rotatable bonds is 6. The molecule has 45 heavy (non-hydrogen) atoms. The summed E-state index contributed by atoms with van der Waals surface area (Å²) in [7, 11) is -5.78. The highest BCUT2D eigenvalue weighted by Gasteiger charge is 2.52. The summed E-state index contributed by atoms with van der Waals surface area (Å²) >= 11 is 0.970. The van der Waals surface area contributed by atoms with E-state index >= 15 is 0 Å². The summed E-state index contributed by atoms with van der Waals surface area (Å²) in [4.78, 5) is 77.3. The molecule has 1 unspecified atom stereocenters. The van der Waals surface area contributed by atoms with Gasteiger partial charge in [-0.25, -0.2) is 0 Å². The molecule has 0 bridgehead atoms. The van der Waals surface area contributed by atoms with Gasteiger partial charge in [0.15, 0.2) is 0 Å². The van der Waals surface area contributed by atoms with Crippen molar-refractivity contribution in [3.63, 3.8) is 0 Å². The molecule has 4 atom stereocenters. The summed E-state index contributed by atoms with van der Waals surface area (Å²) in [5, 5.41) is 2.91. The molecule has 1 aromatic carbocycles. The number of carbonyl (C=O) groups is 4. The van der Waals surface area contributed by atoms with E-state index in [2.05, 4.69) is 12.2 Å². The van der Waals surface area contributed by atoms with E-state index in [0.717, 1.165) is 29.9 Å². The van der Waals surface area contributed by atoms with Gasteiger partial charge >= 0.3 is 13.3 Å². The van der Waals surface area contributed by atoms with Crippen molar-refractivity contribution < 1.29 is 42.3 Å². The predicted molar refractivity (Wildman–Crippen MR) is 162 cm³/mol. The topological polar surface area (TPSA) is 148 Å². The molecule has 3 N–H and O–H groups in total. The van der Waals surface area contributed by atoms with Gasteiger partial charge in [-0.05, 0) is 73.4 Å². The Morgan fingerprint density at radius 1 is 1.07 bits per heavy atom. The Bertz CT molecular complexity index is 1610. The number of alkyl halides is 2. The number of hydrogen-bond donors (Lipinski definition) is 3. The zero-order valence-corrected chi connectivity index (χ0v) is 26.8. The molecule has 1 aromatic heterocycles. The lowest BCUT2D eigenvalue weighted by atomic mass is 9.84. The molecule has 2 aromatic rings. The van der Waals surface area contributed by atoms with Crippen LogP contribution in [-0.2, 0) is 24.6 Å². The van der Waals surface area contributed by atoms with Crippen LogP contribution in [0.4, 0.5) is 8.78 Å². The van der Waals surface area contributed by atoms with Crippen LogP contribution in [0.5, 0.6) is 0 Å². The number of fused-ring (bicyclic) bond motifs is 2. The number of nitrogens with one attached hydrogen (secondary N) is 1. The minimum Gasteiger partial charge on any atom is -0.340 e. The molecule has 3 aliphatic heterocycles. The summed E-state index contributed by atoms with van der Waals surface area (Å²) in [5.41, 5.74) is -5.19. The average molecular weight is 667 g/mol. The molecule has 0 spiro atoms. The van der Waals surface area contributed by atoms with E-state index in [-0.39, 0.29) is 40.1 Å². The number of amides is 4. The maximum absolute atomic E-state index is 14.3. The van der Waals surface area contributed by atoms with Crippen molar-refractivity contribution in [2.45, 2.75) is 76.2 Å². The molecular weight excluding hydrogens is 629 g/mol. The zero-order chi connectivity index (χ0) is 32.5. The summed E-state index contributed by atoms with van der Waals surface area (Å²) in [6.07, 6.45) is 4.94. The molecule has 0 radical (unpaired) electrons. The van der Waals surface area contributed by atoms with E-state index in [4.69, 9.17) is 9.79 Å². The highest BCUT2D eigenvalue weighted by molar-refractivity contribution is 7.52. The first-order valence-electron chi connectivity index (χ1n) is 15.2. The lowest BCUT2D eigenvalue weighted by molar-refractivity contribution is -0.148. The van der Waals surface area contributed by atoms with Crippen LogP contribution in [0, 0.1) is 11.3 Å². The van der Waals surface area contributed by atoms with E-state index in [1.165, 1.54) is 36.8 Å². The highest BCUT2D eigenvalue weighted by Crippen LogP contribution is 2.59. The fraction of sp³-hybridized carbons (Fsp3) is 0.600. The molecule has 6 rings (SSSR count). The van der Waals surface area contributed by atoms with E-state index in [1.807, 2.05) is 4.90 Å². The van der Waals surface area contributed by atoms with E-state index in [1.54, 1.807) is 4.90 Å². The molecule has 3 saturated heterocycles. The van der Waals surface area contributed by atoms with Gasteiger partial charge in [0.2, 0.25) is 17.7 Å². The van der Waals surface area contributed by atoms with Crippen LogP contribution in [-0.4, -0.2) is 92.4 Å². The third-order valence-corrected chi connectivity index (χ3v) is 12.2. The standard InChI is InChI=1S/C30H37F2N4O7PS/c1-17(37)34-11-9-21-6-7-23(28(40)35-12-10-29(2,16-35)19-3-4-19)36(21)27(39)22(15-34)33-26(38)25-14-18-13-20(5-8-24(18)45-25)30(31,32)44(41,42)43/h5,8,13-14,19,21-23H,3-4,6-7,9-12,15-16H2,1-2H3,(H,33,38)(H2,41,42,43)/t21-,22+,23+,29?/m1/s1. The number of carbonyl (C=O) groups excluding carboxylic acids is 4. The number of hydrogen-bond acceptors (Lipinski definition) is 6. The first-order valence-corrected chi connectivity index (χ1v) is 17.7. The van der Waals surface area contributed by atoms with Gasteiger partial charge in [-0.15, -0.1) is 11.3 Å². The second kappa shape index (κ2) is 11.4. The van der Waals surface area contributed by atoms with Crippen molar-refractivity contribution in [3.8, 4) is 0 Å². The van der Waals surface area contributed by atoms with Crippen LogP contribution < -0.4 is 5.32 Å². The molecule has 4 amide bonds. The van der Waals surface area contributed by atoms with Crippen LogP contribution in [0.15, 0.2) is 24.3 Å². The van der Waals surface area contributed by atoms with Crippen molar-refractivity contribution in [1.82, 2.24) is 20.0 Å². The second-order valence-electron chi connectivity index (χ2n) is 13.2. The number of halogens is 2. The summed E-state index contributed by atoms with van der Waals surface area (Å²) in [5.74, 6) is -0.797. The van der Waals surface area contributed by atoms with Crippen molar-refractivity contribution in [3.05, 3.63) is 34.7 Å². The van der Waals surface area contributed by atoms with Crippen LogP contribution in [0.3, 0.4) is 0 Å². The van der Waals surface area contributed by atoms with Gasteiger partial charge in [0, 0.05) is 49.4 Å². The number of nitrogens with zero attached hydrogens (tertiary/aromatic N) is 3. The predicted octanol–water partition coefficient (Wildman–Crippen LogP) is 3.49. The van der Waals surface area contributed by atoms with Crippen molar-refractivity contribution >= 4 is 52.6 Å². The quantitative estimate of drug-likeness (QED) is 0.400. The zero-order valence-electron chi connectivity index (χ0n) is 25.1. The minimum absolute atomic E-state index is 0.0725. The monoisotopic (exact) mass is 666 g/mol. The van der Waals surface area contributed by atoms with Gasteiger partial charge in [0.25, 0.3) is 5.91 Å². The van der Waals surface area contributed by atoms with Crippen molar-refractivity contribution in [1.29, 1.82) is 0 Å². The van der Waals surface area contributed by atoms with Gasteiger partial charge < -0.3 is 29.8 Å². The fourth-order valence-electron chi connectivity index (χ4n) is 7.25. The maximum atomic E-state index is 14.3. The van der Waals surface area contributed by atoms with Crippen molar-refractivity contribution in [2.24, 2.45) is 11.3 Å². The van der Waals surface area contributed by atoms with E-state index in [0.29, 0.717) is 49.5 Å². The molecule has 4 aliphatic rings. The Morgan fingerprint density at radius 3 is 2.47 bits per heavy atom. The summed E-state index contributed by atoms with van der Waals surface area (Å²) in [6, 6.07) is 2.35. The third kappa shape index (κ3) is 5.90. The Kier molecular flexibility index (Phi) is 8.11. The SMILES string of the molecule is CC(=O)N1CC[C@H]2CC[C@@H](C(=O)N3CCC(C)(C4CC4)C3)N2C(=O)[C@@H](NC(=O)c2cc3cc(C(F)(F)P(=O)(O)O)ccc3s2)C1. The Hall–Kier alpha value is -2.93.